The molecule has 0 saturated carbocycles. The molecule has 0 aliphatic rings. The first-order chi connectivity index (χ1) is 8.81. The summed E-state index contributed by atoms with van der Waals surface area (Å²) in [6, 6.07) is 19.7. The molecule has 2 aromatic carbocycles. The second-order valence-corrected chi connectivity index (χ2v) is 4.14. The number of rotatable bonds is 2. The van der Waals surface area contributed by atoms with Crippen molar-refractivity contribution in [1.29, 1.82) is 0 Å². The van der Waals surface area contributed by atoms with Gasteiger partial charge < -0.3 is 11.1 Å². The van der Waals surface area contributed by atoms with Crippen LogP contribution in [0.15, 0.2) is 60.7 Å². The number of nitrogens with one attached hydrogen (secondary N) is 1. The maximum Gasteiger partial charge on any atom is 0.131 e. The molecule has 0 unspecified atom stereocenters. The lowest BCUT2D eigenvalue weighted by molar-refractivity contribution is 1.37. The Hall–Kier alpha value is -2.55. The van der Waals surface area contributed by atoms with E-state index in [1.807, 2.05) is 48.5 Å². The van der Waals surface area contributed by atoms with Gasteiger partial charge in [-0.3, -0.25) is 0 Å². The summed E-state index contributed by atoms with van der Waals surface area (Å²) >= 11 is 0. The fraction of sp³-hybridized carbons (Fsp3) is 0. The molecule has 18 heavy (non-hydrogen) atoms. The summed E-state index contributed by atoms with van der Waals surface area (Å²) in [5.41, 5.74) is 8.37. The molecule has 3 N–H and O–H groups in total. The monoisotopic (exact) mass is 235 g/mol. The van der Waals surface area contributed by atoms with Crippen LogP contribution < -0.4 is 11.1 Å². The minimum absolute atomic E-state index is 0.757. The smallest absolute Gasteiger partial charge is 0.131 e. The number of pyridine rings is 1. The van der Waals surface area contributed by atoms with Crippen molar-refractivity contribution in [3.63, 3.8) is 0 Å². The van der Waals surface area contributed by atoms with Gasteiger partial charge in [0.1, 0.15) is 5.82 Å². The minimum atomic E-state index is 0.757. The van der Waals surface area contributed by atoms with E-state index in [0.29, 0.717) is 0 Å². The quantitative estimate of drug-likeness (QED) is 0.668. The molecule has 3 aromatic rings. The summed E-state index contributed by atoms with van der Waals surface area (Å²) in [5, 5.41) is 4.40. The Balaban J connectivity index is 1.92. The normalized spacial score (nSPS) is 10.4. The fourth-order valence-electron chi connectivity index (χ4n) is 1.85. The second kappa shape index (κ2) is 4.37. The van der Waals surface area contributed by atoms with E-state index in [-0.39, 0.29) is 0 Å². The van der Waals surface area contributed by atoms with E-state index >= 15 is 0 Å². The predicted molar refractivity (Wildman–Crippen MR) is 75.9 cm³/mol. The van der Waals surface area contributed by atoms with E-state index in [4.69, 9.17) is 5.73 Å². The molecule has 0 amide bonds. The van der Waals surface area contributed by atoms with Crippen LogP contribution in [-0.4, -0.2) is 4.98 Å². The SMILES string of the molecule is Nc1ccc(Nc2ccc3ccccc3n2)cc1. The van der Waals surface area contributed by atoms with Crippen molar-refractivity contribution in [2.45, 2.75) is 0 Å². The molecule has 3 rings (SSSR count). The zero-order valence-electron chi connectivity index (χ0n) is 9.80. The Morgan fingerprint density at radius 3 is 2.44 bits per heavy atom. The van der Waals surface area contributed by atoms with Gasteiger partial charge >= 0.3 is 0 Å². The lowest BCUT2D eigenvalue weighted by atomic mass is 10.2. The van der Waals surface area contributed by atoms with E-state index in [9.17, 15) is 0 Å². The van der Waals surface area contributed by atoms with Gasteiger partial charge in [-0.1, -0.05) is 18.2 Å². The standard InChI is InChI=1S/C15H13N3/c16-12-6-8-13(9-7-12)17-15-10-5-11-3-1-2-4-14(11)18-15/h1-10H,16H2,(H,17,18). The second-order valence-electron chi connectivity index (χ2n) is 4.14. The minimum Gasteiger partial charge on any atom is -0.399 e. The molecule has 0 fully saturated rings. The van der Waals surface area contributed by atoms with Gasteiger partial charge in [-0.05, 0) is 42.5 Å². The molecule has 0 radical (unpaired) electrons. The topological polar surface area (TPSA) is 50.9 Å². The number of nitrogens with zero attached hydrogens (tertiary/aromatic N) is 1. The third-order valence-corrected chi connectivity index (χ3v) is 2.78. The number of nitrogen functional groups attached to an aromatic ring is 1. The third-order valence-electron chi connectivity index (χ3n) is 2.78. The van der Waals surface area contributed by atoms with E-state index in [1.165, 1.54) is 0 Å². The molecule has 1 heterocycles. The molecule has 0 atom stereocenters. The van der Waals surface area contributed by atoms with Gasteiger partial charge in [-0.15, -0.1) is 0 Å². The summed E-state index contributed by atoms with van der Waals surface area (Å²) in [6.45, 7) is 0. The van der Waals surface area contributed by atoms with Crippen molar-refractivity contribution in [3.8, 4) is 0 Å². The maximum absolute atomic E-state index is 5.65. The summed E-state index contributed by atoms with van der Waals surface area (Å²) in [5.74, 6) is 0.832. The van der Waals surface area contributed by atoms with Crippen LogP contribution in [0.4, 0.5) is 17.2 Å². The Bertz CT molecular complexity index is 675. The molecular weight excluding hydrogens is 222 g/mol. The highest BCUT2D eigenvalue weighted by Gasteiger charge is 1.98. The molecular formula is C15H13N3. The van der Waals surface area contributed by atoms with Crippen LogP contribution in [0.1, 0.15) is 0 Å². The van der Waals surface area contributed by atoms with Gasteiger partial charge in [0, 0.05) is 16.8 Å². The molecule has 0 bridgehead atoms. The van der Waals surface area contributed by atoms with Crippen LogP contribution in [0.3, 0.4) is 0 Å². The summed E-state index contributed by atoms with van der Waals surface area (Å²) in [4.78, 5) is 4.55. The van der Waals surface area contributed by atoms with Crippen LogP contribution in [0.5, 0.6) is 0 Å². The number of nitrogens with two attached hydrogens (primary N) is 1. The zero-order chi connectivity index (χ0) is 12.4. The number of benzene rings is 2. The number of hydrogen-bond acceptors (Lipinski definition) is 3. The average Bonchev–Trinajstić information content (AvgIpc) is 2.41. The Kier molecular flexibility index (Phi) is 2.57. The van der Waals surface area contributed by atoms with E-state index in [1.54, 1.807) is 0 Å². The number of hydrogen-bond donors (Lipinski definition) is 2. The molecule has 3 heteroatoms. The largest absolute Gasteiger partial charge is 0.399 e. The van der Waals surface area contributed by atoms with Gasteiger partial charge in [0.25, 0.3) is 0 Å². The van der Waals surface area contributed by atoms with Crippen molar-refractivity contribution in [2.24, 2.45) is 0 Å². The van der Waals surface area contributed by atoms with Gasteiger partial charge in [-0.2, -0.15) is 0 Å². The van der Waals surface area contributed by atoms with Crippen molar-refractivity contribution >= 4 is 28.1 Å². The molecule has 0 aliphatic carbocycles. The lowest BCUT2D eigenvalue weighted by Gasteiger charge is -2.06. The maximum atomic E-state index is 5.65. The molecule has 0 aliphatic heterocycles. The highest BCUT2D eigenvalue weighted by atomic mass is 15.0. The first kappa shape index (κ1) is 10.6. The average molecular weight is 235 g/mol. The molecule has 3 nitrogen and oxygen atoms in total. The van der Waals surface area contributed by atoms with Crippen molar-refractivity contribution < 1.29 is 0 Å². The first-order valence-electron chi connectivity index (χ1n) is 5.80. The van der Waals surface area contributed by atoms with E-state index in [2.05, 4.69) is 22.4 Å². The highest BCUT2D eigenvalue weighted by molar-refractivity contribution is 5.80. The van der Waals surface area contributed by atoms with Gasteiger partial charge in [-0.25, -0.2) is 4.98 Å². The number of aromatic nitrogens is 1. The van der Waals surface area contributed by atoms with Crippen LogP contribution in [0.25, 0.3) is 10.9 Å². The third kappa shape index (κ3) is 2.11. The fourth-order valence-corrected chi connectivity index (χ4v) is 1.85. The van der Waals surface area contributed by atoms with Crippen molar-refractivity contribution in [3.05, 3.63) is 60.7 Å². The van der Waals surface area contributed by atoms with Crippen LogP contribution in [0, 0.1) is 0 Å². The number of fused-ring (bicyclic) bond motifs is 1. The number of para-hydroxylation sites is 1. The van der Waals surface area contributed by atoms with Crippen LogP contribution >= 0.6 is 0 Å². The summed E-state index contributed by atoms with van der Waals surface area (Å²) in [6.07, 6.45) is 0. The van der Waals surface area contributed by atoms with Gasteiger partial charge in [0.15, 0.2) is 0 Å². The molecule has 1 aromatic heterocycles. The summed E-state index contributed by atoms with van der Waals surface area (Å²) < 4.78 is 0. The Morgan fingerprint density at radius 2 is 1.61 bits per heavy atom. The van der Waals surface area contributed by atoms with Crippen LogP contribution in [-0.2, 0) is 0 Å². The Morgan fingerprint density at radius 1 is 0.833 bits per heavy atom. The number of anilines is 3. The highest BCUT2D eigenvalue weighted by Crippen LogP contribution is 2.19. The molecule has 0 spiro atoms. The van der Waals surface area contributed by atoms with Crippen LogP contribution in [0.2, 0.25) is 0 Å². The lowest BCUT2D eigenvalue weighted by Crippen LogP contribution is -1.94. The van der Waals surface area contributed by atoms with Crippen molar-refractivity contribution in [2.75, 3.05) is 11.1 Å². The summed E-state index contributed by atoms with van der Waals surface area (Å²) in [7, 11) is 0. The predicted octanol–water partition coefficient (Wildman–Crippen LogP) is 3.56. The van der Waals surface area contributed by atoms with E-state index in [0.717, 1.165) is 28.1 Å². The Labute approximate surface area is 105 Å². The molecule has 0 saturated heterocycles. The van der Waals surface area contributed by atoms with Crippen molar-refractivity contribution in [1.82, 2.24) is 4.98 Å². The van der Waals surface area contributed by atoms with Gasteiger partial charge in [0.2, 0.25) is 0 Å². The van der Waals surface area contributed by atoms with Gasteiger partial charge in [0.05, 0.1) is 5.52 Å². The zero-order valence-corrected chi connectivity index (χ0v) is 9.80. The first-order valence-corrected chi connectivity index (χ1v) is 5.80. The van der Waals surface area contributed by atoms with E-state index < -0.39 is 0 Å². The molecule has 88 valence electrons.